The fourth-order valence-corrected chi connectivity index (χ4v) is 6.60. The molecule has 1 saturated carbocycles. The number of benzene rings is 1. The van der Waals surface area contributed by atoms with Crippen molar-refractivity contribution >= 4 is 15.6 Å². The summed E-state index contributed by atoms with van der Waals surface area (Å²) in [5, 5.41) is 9.85. The fourth-order valence-electron chi connectivity index (χ4n) is 5.89. The van der Waals surface area contributed by atoms with E-state index in [1.165, 1.54) is 7.05 Å². The highest BCUT2D eigenvalue weighted by atomic mass is 32.2. The molecule has 2 aromatic rings. The van der Waals surface area contributed by atoms with Crippen molar-refractivity contribution in [1.82, 2.24) is 30.4 Å². The van der Waals surface area contributed by atoms with Gasteiger partial charge in [0.25, 0.3) is 0 Å². The van der Waals surface area contributed by atoms with Gasteiger partial charge in [0.2, 0.25) is 10.0 Å². The van der Waals surface area contributed by atoms with Gasteiger partial charge in [-0.05, 0) is 55.1 Å². The lowest BCUT2D eigenvalue weighted by molar-refractivity contribution is 0.135. The van der Waals surface area contributed by atoms with Crippen molar-refractivity contribution in [1.29, 1.82) is 0 Å². The first-order valence-corrected chi connectivity index (χ1v) is 14.3. The van der Waals surface area contributed by atoms with E-state index in [1.807, 2.05) is 19.2 Å². The van der Waals surface area contributed by atoms with Gasteiger partial charge in [-0.3, -0.25) is 10.3 Å². The number of H-pyrrole nitrogens is 1. The van der Waals surface area contributed by atoms with Crippen molar-refractivity contribution in [3.05, 3.63) is 53.1 Å². The Morgan fingerprint density at radius 1 is 1.28 bits per heavy atom. The summed E-state index contributed by atoms with van der Waals surface area (Å²) < 4.78 is 41.6. The quantitative estimate of drug-likeness (QED) is 0.362. The monoisotopic (exact) mass is 518 g/mol. The number of aromatic amines is 1. The molecule has 5 unspecified atom stereocenters. The Labute approximate surface area is 211 Å². The van der Waals surface area contributed by atoms with Crippen LogP contribution in [0.2, 0.25) is 0 Å². The molecule has 0 amide bonds. The lowest BCUT2D eigenvalue weighted by Gasteiger charge is -2.36. The zero-order chi connectivity index (χ0) is 25.4. The lowest BCUT2D eigenvalue weighted by Crippen LogP contribution is -2.45. The third-order valence-electron chi connectivity index (χ3n) is 7.95. The van der Waals surface area contributed by atoms with Gasteiger partial charge in [0.1, 0.15) is 17.7 Å². The van der Waals surface area contributed by atoms with Crippen LogP contribution in [0.3, 0.4) is 0 Å². The number of rotatable bonds is 8. The van der Waals surface area contributed by atoms with E-state index in [-0.39, 0.29) is 35.4 Å². The van der Waals surface area contributed by atoms with Crippen LogP contribution in [0.15, 0.2) is 30.5 Å². The van der Waals surface area contributed by atoms with Crippen molar-refractivity contribution in [2.75, 3.05) is 32.4 Å². The molecular formula is C25H35FN6O3S. The molecule has 2 aliphatic heterocycles. The van der Waals surface area contributed by atoms with Crippen LogP contribution in [0.4, 0.5) is 4.39 Å². The number of alkyl halides is 1. The van der Waals surface area contributed by atoms with Gasteiger partial charge in [-0.25, -0.2) is 27.9 Å². The minimum Gasteiger partial charge on any atom is -0.508 e. The third-order valence-corrected chi connectivity index (χ3v) is 9.30. The molecule has 1 aromatic carbocycles. The van der Waals surface area contributed by atoms with Crippen LogP contribution in [0.25, 0.3) is 5.57 Å². The number of imidazole rings is 1. The van der Waals surface area contributed by atoms with Crippen LogP contribution >= 0.6 is 0 Å². The van der Waals surface area contributed by atoms with Crippen molar-refractivity contribution in [2.24, 2.45) is 5.92 Å². The second-order valence-electron chi connectivity index (χ2n) is 9.99. The lowest BCUT2D eigenvalue weighted by atomic mass is 9.71. The second-order valence-corrected chi connectivity index (χ2v) is 12.0. The number of hydrogen-bond acceptors (Lipinski definition) is 7. The van der Waals surface area contributed by atoms with Gasteiger partial charge in [-0.2, -0.15) is 0 Å². The van der Waals surface area contributed by atoms with Gasteiger partial charge in [0, 0.05) is 31.5 Å². The number of aromatic hydroxyl groups is 1. The summed E-state index contributed by atoms with van der Waals surface area (Å²) in [6.07, 6.45) is 5.21. The van der Waals surface area contributed by atoms with Gasteiger partial charge in [-0.15, -0.1) is 0 Å². The molecule has 2 fully saturated rings. The summed E-state index contributed by atoms with van der Waals surface area (Å²) in [6.45, 7) is 3.84. The number of nitrogens with one attached hydrogen (secondary N) is 4. The Balaban J connectivity index is 1.23. The van der Waals surface area contributed by atoms with E-state index in [2.05, 4.69) is 36.5 Å². The molecule has 1 saturated heterocycles. The molecule has 0 radical (unpaired) electrons. The Morgan fingerprint density at radius 2 is 2.11 bits per heavy atom. The Kier molecular flexibility index (Phi) is 7.19. The van der Waals surface area contributed by atoms with E-state index in [1.54, 1.807) is 12.1 Å². The van der Waals surface area contributed by atoms with Crippen molar-refractivity contribution < 1.29 is 17.9 Å². The Hall–Kier alpha value is -2.31. The van der Waals surface area contributed by atoms with Crippen LogP contribution in [-0.2, 0) is 16.4 Å². The van der Waals surface area contributed by atoms with E-state index < -0.39 is 16.2 Å². The van der Waals surface area contributed by atoms with Crippen molar-refractivity contribution in [3.63, 3.8) is 0 Å². The molecule has 36 heavy (non-hydrogen) atoms. The van der Waals surface area contributed by atoms with Gasteiger partial charge in [0.05, 0.1) is 29.7 Å². The molecule has 0 spiro atoms. The van der Waals surface area contributed by atoms with Gasteiger partial charge in [-0.1, -0.05) is 19.1 Å². The van der Waals surface area contributed by atoms with E-state index >= 15 is 4.39 Å². The number of halogens is 1. The maximum Gasteiger partial charge on any atom is 0.212 e. The summed E-state index contributed by atoms with van der Waals surface area (Å²) in [7, 11) is -1.80. The predicted molar refractivity (Wildman–Crippen MR) is 136 cm³/mol. The number of sulfonamides is 1. The van der Waals surface area contributed by atoms with Crippen LogP contribution in [0.1, 0.15) is 54.4 Å². The normalized spacial score (nSPS) is 28.9. The number of hydrogen-bond donors (Lipinski definition) is 5. The summed E-state index contributed by atoms with van der Waals surface area (Å²) in [6, 6.07) is 4.83. The Bertz CT molecular complexity index is 1230. The highest BCUT2D eigenvalue weighted by Gasteiger charge is 2.48. The summed E-state index contributed by atoms with van der Waals surface area (Å²) in [4.78, 5) is 10.1. The SMILES string of the molecule is CCc1cc(O)ccc1C1CCC2C(c3ncc(C4=CCN(CCS(=O)(=O)NC)C4)[nH]3)NNC2C1F. The molecule has 1 aromatic heterocycles. The smallest absolute Gasteiger partial charge is 0.212 e. The minimum atomic E-state index is -3.23. The van der Waals surface area contributed by atoms with Crippen molar-refractivity contribution in [3.8, 4) is 5.75 Å². The first-order chi connectivity index (χ1) is 17.3. The van der Waals surface area contributed by atoms with Gasteiger partial charge in [0.15, 0.2) is 0 Å². The van der Waals surface area contributed by atoms with E-state index in [9.17, 15) is 13.5 Å². The molecule has 5 atom stereocenters. The summed E-state index contributed by atoms with van der Waals surface area (Å²) in [5.41, 5.74) is 10.5. The largest absolute Gasteiger partial charge is 0.508 e. The predicted octanol–water partition coefficient (Wildman–Crippen LogP) is 1.98. The average Bonchev–Trinajstić information content (AvgIpc) is 3.62. The summed E-state index contributed by atoms with van der Waals surface area (Å²) >= 11 is 0. The zero-order valence-corrected chi connectivity index (χ0v) is 21.5. The molecule has 0 bridgehead atoms. The first kappa shape index (κ1) is 25.3. The van der Waals surface area contributed by atoms with Crippen molar-refractivity contribution in [2.45, 2.75) is 50.4 Å². The highest BCUT2D eigenvalue weighted by molar-refractivity contribution is 7.89. The van der Waals surface area contributed by atoms with Crippen LogP contribution in [0, 0.1) is 5.92 Å². The van der Waals surface area contributed by atoms with Crippen LogP contribution < -0.4 is 15.6 Å². The van der Waals surface area contributed by atoms with Crippen LogP contribution in [0.5, 0.6) is 5.75 Å². The second kappa shape index (κ2) is 10.2. The molecule has 5 rings (SSSR count). The molecule has 196 valence electrons. The van der Waals surface area contributed by atoms with Gasteiger partial charge < -0.3 is 10.1 Å². The van der Waals surface area contributed by atoms with E-state index in [4.69, 9.17) is 0 Å². The van der Waals surface area contributed by atoms with Crippen LogP contribution in [-0.4, -0.2) is 73.0 Å². The number of phenols is 1. The molecule has 11 heteroatoms. The maximum absolute atomic E-state index is 15.8. The highest BCUT2D eigenvalue weighted by Crippen LogP contribution is 2.45. The van der Waals surface area contributed by atoms with E-state index in [0.717, 1.165) is 47.5 Å². The van der Waals surface area contributed by atoms with E-state index in [0.29, 0.717) is 19.6 Å². The molecule has 5 N–H and O–H groups in total. The molecule has 1 aliphatic carbocycles. The number of fused-ring (bicyclic) bond motifs is 1. The first-order valence-electron chi connectivity index (χ1n) is 12.6. The number of aromatic nitrogens is 2. The zero-order valence-electron chi connectivity index (χ0n) is 20.7. The molecular weight excluding hydrogens is 483 g/mol. The Morgan fingerprint density at radius 3 is 2.89 bits per heavy atom. The standard InChI is InChI=1S/C25H35FN6O3S/c1-3-15-12-17(33)4-5-18(15)19-6-7-20-23(22(19)26)30-31-24(20)25-28-13-21(29-25)16-8-9-32(14-16)10-11-36(34,35)27-2/h4-5,8,12-13,19-20,22-24,27,30-31,33H,3,6-7,9-11,14H2,1-2H3,(H,28,29). The number of nitrogens with zero attached hydrogens (tertiary/aromatic N) is 2. The van der Waals surface area contributed by atoms with Gasteiger partial charge >= 0.3 is 0 Å². The minimum absolute atomic E-state index is 0.0643. The third kappa shape index (κ3) is 4.95. The topological polar surface area (TPSA) is 122 Å². The molecule has 9 nitrogen and oxygen atoms in total. The molecule has 3 heterocycles. The number of hydrazine groups is 1. The average molecular weight is 519 g/mol. The molecule has 3 aliphatic rings. The fraction of sp³-hybridized carbons (Fsp3) is 0.560. The number of aryl methyl sites for hydroxylation is 1. The summed E-state index contributed by atoms with van der Waals surface area (Å²) in [5.74, 6) is 0.931. The number of phenolic OH excluding ortho intramolecular Hbond substituents is 1. The maximum atomic E-state index is 15.8.